The molecule has 0 saturated heterocycles. The molecule has 1 aromatic rings. The molecule has 1 aliphatic heterocycles. The van der Waals surface area contributed by atoms with E-state index in [4.69, 9.17) is 4.84 Å². The summed E-state index contributed by atoms with van der Waals surface area (Å²) in [5.74, 6) is -0.0353. The van der Waals surface area contributed by atoms with Crippen molar-refractivity contribution < 1.29 is 14.7 Å². The quantitative estimate of drug-likeness (QED) is 0.861. The van der Waals surface area contributed by atoms with Crippen molar-refractivity contribution in [1.82, 2.24) is 5.32 Å². The number of hydrogen-bond donors (Lipinski definition) is 2. The second-order valence-electron chi connectivity index (χ2n) is 5.42. The molecule has 20 heavy (non-hydrogen) atoms. The maximum atomic E-state index is 11.4. The molecule has 2 aliphatic rings. The summed E-state index contributed by atoms with van der Waals surface area (Å²) < 4.78 is 0. The second kappa shape index (κ2) is 5.25. The Labute approximate surface area is 117 Å². The van der Waals surface area contributed by atoms with Gasteiger partial charge >= 0.3 is 0 Å². The van der Waals surface area contributed by atoms with Crippen LogP contribution in [0.1, 0.15) is 18.9 Å². The fourth-order valence-corrected chi connectivity index (χ4v) is 3.25. The highest BCUT2D eigenvalue weighted by Crippen LogP contribution is 2.40. The third-order valence-corrected chi connectivity index (χ3v) is 4.09. The summed E-state index contributed by atoms with van der Waals surface area (Å²) in [6.45, 7) is 1.56. The van der Waals surface area contributed by atoms with Gasteiger partial charge < -0.3 is 15.3 Å². The van der Waals surface area contributed by atoms with Crippen LogP contribution < -0.4 is 5.32 Å². The van der Waals surface area contributed by atoms with Crippen molar-refractivity contribution in [3.63, 3.8) is 0 Å². The molecule has 0 bridgehead atoms. The molecular weight excluding hydrogens is 256 g/mol. The zero-order valence-corrected chi connectivity index (χ0v) is 11.3. The lowest BCUT2D eigenvalue weighted by Gasteiger charge is -2.19. The zero-order valence-electron chi connectivity index (χ0n) is 11.3. The Morgan fingerprint density at radius 1 is 1.45 bits per heavy atom. The number of amides is 1. The smallest absolute Gasteiger partial charge is 0.217 e. The number of fused-ring (bicyclic) bond motifs is 1. The topological polar surface area (TPSA) is 70.9 Å². The van der Waals surface area contributed by atoms with Gasteiger partial charge in [0.25, 0.3) is 0 Å². The van der Waals surface area contributed by atoms with E-state index in [1.54, 1.807) is 0 Å². The van der Waals surface area contributed by atoms with E-state index in [0.29, 0.717) is 0 Å². The van der Waals surface area contributed by atoms with Crippen LogP contribution in [0.3, 0.4) is 0 Å². The van der Waals surface area contributed by atoms with Crippen LogP contribution in [0.5, 0.6) is 0 Å². The van der Waals surface area contributed by atoms with Gasteiger partial charge in [0, 0.05) is 25.5 Å². The first-order chi connectivity index (χ1) is 9.70. The molecule has 1 aromatic carbocycles. The summed E-state index contributed by atoms with van der Waals surface area (Å²) in [5.41, 5.74) is 1.87. The fraction of sp³-hybridized carbons (Fsp3) is 0.467. The third-order valence-electron chi connectivity index (χ3n) is 4.09. The van der Waals surface area contributed by atoms with Crippen molar-refractivity contribution in [1.29, 1.82) is 0 Å². The van der Waals surface area contributed by atoms with Gasteiger partial charge in [-0.3, -0.25) is 4.79 Å². The number of aliphatic hydroxyl groups excluding tert-OH is 1. The fourth-order valence-electron chi connectivity index (χ4n) is 3.25. The van der Waals surface area contributed by atoms with Gasteiger partial charge in [-0.2, -0.15) is 0 Å². The SMILES string of the molecule is CC(=O)N[C@@H]1C[C@@H](CO)[C@@H]2ON=C(c3ccccc3)[C@@H]21. The summed E-state index contributed by atoms with van der Waals surface area (Å²) >= 11 is 0. The predicted molar refractivity (Wildman–Crippen MR) is 74.1 cm³/mol. The number of oxime groups is 1. The lowest BCUT2D eigenvalue weighted by Crippen LogP contribution is -2.40. The lowest BCUT2D eigenvalue weighted by atomic mass is 9.90. The molecule has 1 fully saturated rings. The number of rotatable bonds is 3. The predicted octanol–water partition coefficient (Wildman–Crippen LogP) is 0.923. The van der Waals surface area contributed by atoms with E-state index in [-0.39, 0.29) is 36.5 Å². The van der Waals surface area contributed by atoms with Gasteiger partial charge in [0.15, 0.2) is 0 Å². The van der Waals surface area contributed by atoms with Crippen molar-refractivity contribution >= 4 is 11.6 Å². The molecule has 0 unspecified atom stereocenters. The van der Waals surface area contributed by atoms with Gasteiger partial charge in [-0.15, -0.1) is 0 Å². The van der Waals surface area contributed by atoms with Crippen LogP contribution in [0.15, 0.2) is 35.5 Å². The van der Waals surface area contributed by atoms with Crippen molar-refractivity contribution in [2.75, 3.05) is 6.61 Å². The van der Waals surface area contributed by atoms with Gasteiger partial charge in [-0.25, -0.2) is 0 Å². The average Bonchev–Trinajstić information content (AvgIpc) is 3.00. The van der Waals surface area contributed by atoms with E-state index in [1.165, 1.54) is 6.92 Å². The average molecular weight is 274 g/mol. The largest absolute Gasteiger partial charge is 0.396 e. The summed E-state index contributed by atoms with van der Waals surface area (Å²) in [5, 5.41) is 16.6. The second-order valence-corrected chi connectivity index (χ2v) is 5.42. The molecule has 2 N–H and O–H groups in total. The Kier molecular flexibility index (Phi) is 3.44. The molecule has 3 rings (SSSR count). The van der Waals surface area contributed by atoms with Gasteiger partial charge in [-0.1, -0.05) is 35.5 Å². The Morgan fingerprint density at radius 3 is 2.85 bits per heavy atom. The van der Waals surface area contributed by atoms with Crippen molar-refractivity contribution in [2.24, 2.45) is 17.0 Å². The van der Waals surface area contributed by atoms with E-state index in [1.807, 2.05) is 30.3 Å². The number of benzene rings is 1. The van der Waals surface area contributed by atoms with Gasteiger partial charge in [0.1, 0.15) is 6.10 Å². The highest BCUT2D eigenvalue weighted by atomic mass is 16.6. The maximum Gasteiger partial charge on any atom is 0.217 e. The first-order valence-electron chi connectivity index (χ1n) is 6.88. The normalized spacial score (nSPS) is 31.4. The molecule has 106 valence electrons. The highest BCUT2D eigenvalue weighted by molar-refractivity contribution is 6.04. The van der Waals surface area contributed by atoms with Crippen LogP contribution in [0.4, 0.5) is 0 Å². The third kappa shape index (κ3) is 2.18. The molecule has 0 spiro atoms. The van der Waals surface area contributed by atoms with Crippen LogP contribution in [-0.4, -0.2) is 35.5 Å². The minimum absolute atomic E-state index is 0.0125. The Hall–Kier alpha value is -1.88. The number of aliphatic hydroxyl groups is 1. The highest BCUT2D eigenvalue weighted by Gasteiger charge is 2.51. The van der Waals surface area contributed by atoms with Gasteiger partial charge in [0.05, 0.1) is 11.6 Å². The Morgan fingerprint density at radius 2 is 2.20 bits per heavy atom. The minimum atomic E-state index is -0.146. The summed E-state index contributed by atoms with van der Waals surface area (Å²) in [4.78, 5) is 16.9. The number of carbonyl (C=O) groups excluding carboxylic acids is 1. The summed E-state index contributed by atoms with van der Waals surface area (Å²) in [6, 6.07) is 9.81. The summed E-state index contributed by atoms with van der Waals surface area (Å²) in [6.07, 6.45) is 0.573. The van der Waals surface area contributed by atoms with Gasteiger partial charge in [-0.05, 0) is 12.0 Å². The molecule has 0 radical (unpaired) electrons. The van der Waals surface area contributed by atoms with Crippen molar-refractivity contribution in [3.8, 4) is 0 Å². The number of nitrogens with zero attached hydrogens (tertiary/aromatic N) is 1. The molecule has 1 heterocycles. The number of carbonyl (C=O) groups is 1. The van der Waals surface area contributed by atoms with Crippen LogP contribution in [0, 0.1) is 11.8 Å². The maximum absolute atomic E-state index is 11.4. The van der Waals surface area contributed by atoms with E-state index in [2.05, 4.69) is 10.5 Å². The molecule has 1 amide bonds. The zero-order chi connectivity index (χ0) is 14.1. The molecule has 5 heteroatoms. The Balaban J connectivity index is 1.89. The van der Waals surface area contributed by atoms with E-state index in [9.17, 15) is 9.90 Å². The monoisotopic (exact) mass is 274 g/mol. The van der Waals surface area contributed by atoms with Gasteiger partial charge in [0.2, 0.25) is 5.91 Å². The Bertz CT molecular complexity index is 529. The molecule has 1 aliphatic carbocycles. The van der Waals surface area contributed by atoms with Crippen LogP contribution >= 0.6 is 0 Å². The standard InChI is InChI=1S/C15H18N2O3/c1-9(19)16-12-7-11(8-18)15-13(12)14(17-20-15)10-5-3-2-4-6-10/h2-6,11-13,15,18H,7-8H2,1H3,(H,16,19)/t11-,12+,13-,15-/m0/s1. The minimum Gasteiger partial charge on any atom is -0.396 e. The molecule has 4 atom stereocenters. The lowest BCUT2D eigenvalue weighted by molar-refractivity contribution is -0.119. The molecular formula is C15H18N2O3. The molecule has 0 aromatic heterocycles. The van der Waals surface area contributed by atoms with E-state index in [0.717, 1.165) is 17.7 Å². The van der Waals surface area contributed by atoms with Crippen molar-refractivity contribution in [2.45, 2.75) is 25.5 Å². The molecule has 1 saturated carbocycles. The summed E-state index contributed by atoms with van der Waals surface area (Å²) in [7, 11) is 0. The number of hydrogen-bond acceptors (Lipinski definition) is 4. The van der Waals surface area contributed by atoms with Crippen molar-refractivity contribution in [3.05, 3.63) is 35.9 Å². The number of nitrogens with one attached hydrogen (secondary N) is 1. The molecule has 5 nitrogen and oxygen atoms in total. The first-order valence-corrected chi connectivity index (χ1v) is 6.88. The van der Waals surface area contributed by atoms with Crippen LogP contribution in [0.2, 0.25) is 0 Å². The van der Waals surface area contributed by atoms with E-state index < -0.39 is 0 Å². The van der Waals surface area contributed by atoms with Crippen LogP contribution in [0.25, 0.3) is 0 Å². The van der Waals surface area contributed by atoms with Crippen LogP contribution in [-0.2, 0) is 9.63 Å². The van der Waals surface area contributed by atoms with E-state index >= 15 is 0 Å². The first kappa shape index (κ1) is 13.1.